The lowest BCUT2D eigenvalue weighted by molar-refractivity contribution is -0.143. The maximum Gasteiger partial charge on any atom is 0.417 e. The monoisotopic (exact) mass is 428 g/mol. The lowest BCUT2D eigenvalue weighted by Crippen LogP contribution is -2.52. The van der Waals surface area contributed by atoms with E-state index in [1.807, 2.05) is 11.8 Å². The second kappa shape index (κ2) is 7.37. The summed E-state index contributed by atoms with van der Waals surface area (Å²) < 4.78 is 38.2. The van der Waals surface area contributed by atoms with Crippen molar-refractivity contribution in [1.29, 1.82) is 0 Å². The van der Waals surface area contributed by atoms with Crippen LogP contribution in [0.25, 0.3) is 0 Å². The van der Waals surface area contributed by atoms with Crippen molar-refractivity contribution in [3.05, 3.63) is 23.9 Å². The van der Waals surface area contributed by atoms with Crippen LogP contribution >= 0.6 is 11.8 Å². The average molecular weight is 428 g/mol. The zero-order chi connectivity index (χ0) is 20.8. The number of hydrogen-bond donors (Lipinski definition) is 0. The molecule has 10 heteroatoms. The Morgan fingerprint density at radius 1 is 1.24 bits per heavy atom. The summed E-state index contributed by atoms with van der Waals surface area (Å²) in [4.78, 5) is 34.6. The first-order chi connectivity index (χ1) is 13.7. The van der Waals surface area contributed by atoms with Crippen molar-refractivity contribution in [1.82, 2.24) is 14.8 Å². The Morgan fingerprint density at radius 3 is 2.72 bits per heavy atom. The van der Waals surface area contributed by atoms with E-state index in [2.05, 4.69) is 4.98 Å². The molecule has 0 bridgehead atoms. The van der Waals surface area contributed by atoms with E-state index in [9.17, 15) is 22.8 Å². The van der Waals surface area contributed by atoms with Crippen LogP contribution < -0.4 is 4.90 Å². The highest BCUT2D eigenvalue weighted by molar-refractivity contribution is 8.01. The highest BCUT2D eigenvalue weighted by Crippen LogP contribution is 2.47. The van der Waals surface area contributed by atoms with E-state index >= 15 is 0 Å². The molecular weight excluding hydrogens is 405 g/mol. The maximum absolute atomic E-state index is 13.1. The van der Waals surface area contributed by atoms with Crippen molar-refractivity contribution in [2.45, 2.75) is 43.3 Å². The number of thioether (sulfide) groups is 1. The number of hydrogen-bond acceptors (Lipinski definition) is 5. The van der Waals surface area contributed by atoms with E-state index in [4.69, 9.17) is 0 Å². The molecule has 3 aliphatic rings. The molecule has 1 aromatic rings. The molecule has 0 saturated carbocycles. The quantitative estimate of drug-likeness (QED) is 0.725. The first kappa shape index (κ1) is 20.3. The minimum absolute atomic E-state index is 0.0290. The molecule has 1 aromatic heterocycles. The number of carbonyl (C=O) groups is 2. The number of carbonyl (C=O) groups excluding carboxylic acids is 2. The number of halogens is 3. The lowest BCUT2D eigenvalue weighted by atomic mass is 10.2. The van der Waals surface area contributed by atoms with E-state index < -0.39 is 17.8 Å². The third-order valence-corrected chi connectivity index (χ3v) is 7.44. The molecule has 0 aromatic carbocycles. The van der Waals surface area contributed by atoms with Gasteiger partial charge in [0.05, 0.1) is 10.4 Å². The Kier molecular flexibility index (Phi) is 5.16. The third kappa shape index (κ3) is 3.78. The van der Waals surface area contributed by atoms with Gasteiger partial charge in [0, 0.05) is 44.5 Å². The van der Waals surface area contributed by atoms with Gasteiger partial charge in [-0.3, -0.25) is 9.59 Å². The molecule has 3 saturated heterocycles. The summed E-state index contributed by atoms with van der Waals surface area (Å²) in [6, 6.07) is 1.99. The predicted octanol–water partition coefficient (Wildman–Crippen LogP) is 2.59. The van der Waals surface area contributed by atoms with Crippen LogP contribution in [0.1, 0.15) is 31.7 Å². The van der Waals surface area contributed by atoms with Crippen LogP contribution in [0.15, 0.2) is 18.3 Å². The van der Waals surface area contributed by atoms with Gasteiger partial charge in [-0.1, -0.05) is 0 Å². The predicted molar refractivity (Wildman–Crippen MR) is 103 cm³/mol. The summed E-state index contributed by atoms with van der Waals surface area (Å²) in [5.41, 5.74) is -0.773. The normalized spacial score (nSPS) is 27.9. The van der Waals surface area contributed by atoms with Gasteiger partial charge in [-0.25, -0.2) is 4.98 Å². The van der Waals surface area contributed by atoms with Crippen molar-refractivity contribution in [3.63, 3.8) is 0 Å². The van der Waals surface area contributed by atoms with Gasteiger partial charge >= 0.3 is 6.18 Å². The van der Waals surface area contributed by atoms with Gasteiger partial charge < -0.3 is 14.7 Å². The molecule has 2 amide bonds. The van der Waals surface area contributed by atoms with Gasteiger partial charge in [0.15, 0.2) is 0 Å². The van der Waals surface area contributed by atoms with E-state index in [1.165, 1.54) is 6.07 Å². The average Bonchev–Trinajstić information content (AvgIpc) is 3.04. The van der Waals surface area contributed by atoms with Crippen LogP contribution in [-0.4, -0.2) is 69.4 Å². The van der Waals surface area contributed by atoms with Crippen molar-refractivity contribution < 1.29 is 22.8 Å². The van der Waals surface area contributed by atoms with Crippen LogP contribution in [-0.2, 0) is 15.8 Å². The van der Waals surface area contributed by atoms with Gasteiger partial charge in [0.1, 0.15) is 11.9 Å². The van der Waals surface area contributed by atoms with Crippen LogP contribution in [0.4, 0.5) is 19.0 Å². The summed E-state index contributed by atoms with van der Waals surface area (Å²) in [5.74, 6) is 1.10. The van der Waals surface area contributed by atoms with Crippen molar-refractivity contribution in [2.75, 3.05) is 36.8 Å². The Labute approximate surface area is 171 Å². The number of alkyl halides is 3. The molecule has 2 atom stereocenters. The first-order valence-electron chi connectivity index (χ1n) is 9.72. The number of fused-ring (bicyclic) bond motifs is 1. The summed E-state index contributed by atoms with van der Waals surface area (Å²) in [6.45, 7) is 4.16. The fourth-order valence-corrected chi connectivity index (χ4v) is 5.75. The maximum atomic E-state index is 13.1. The molecule has 3 aliphatic heterocycles. The van der Waals surface area contributed by atoms with Gasteiger partial charge in [-0.2, -0.15) is 13.2 Å². The fraction of sp³-hybridized carbons (Fsp3) is 0.632. The smallest absolute Gasteiger partial charge is 0.355 e. The van der Waals surface area contributed by atoms with Crippen molar-refractivity contribution in [2.24, 2.45) is 0 Å². The molecule has 6 nitrogen and oxygen atoms in total. The molecule has 0 spiro atoms. The molecular formula is C19H23F3N4O2S. The number of anilines is 1. The summed E-state index contributed by atoms with van der Waals surface area (Å²) >= 11 is 1.67. The summed E-state index contributed by atoms with van der Waals surface area (Å²) in [5, 5.41) is 0. The van der Waals surface area contributed by atoms with Gasteiger partial charge in [0.2, 0.25) is 11.8 Å². The minimum atomic E-state index is -4.41. The SMILES string of the molecule is C[C@]12CCC(=O)N1[C@H](C(=O)N1CCCN(c3ccc(C(F)(F)F)cn3)CC1)CS2. The summed E-state index contributed by atoms with van der Waals surface area (Å²) in [7, 11) is 0. The second-order valence-corrected chi connectivity index (χ2v) is 9.34. The minimum Gasteiger partial charge on any atom is -0.355 e. The van der Waals surface area contributed by atoms with E-state index in [0.29, 0.717) is 50.6 Å². The van der Waals surface area contributed by atoms with Crippen LogP contribution in [0.2, 0.25) is 0 Å². The molecule has 0 aliphatic carbocycles. The van der Waals surface area contributed by atoms with Gasteiger partial charge in [-0.05, 0) is 31.9 Å². The number of nitrogens with zero attached hydrogens (tertiary/aromatic N) is 4. The zero-order valence-electron chi connectivity index (χ0n) is 16.1. The Balaban J connectivity index is 1.41. The van der Waals surface area contributed by atoms with Crippen LogP contribution in [0.5, 0.6) is 0 Å². The van der Waals surface area contributed by atoms with Crippen LogP contribution in [0.3, 0.4) is 0 Å². The molecule has 158 valence electrons. The highest BCUT2D eigenvalue weighted by Gasteiger charge is 2.53. The van der Waals surface area contributed by atoms with E-state index in [1.54, 1.807) is 21.6 Å². The van der Waals surface area contributed by atoms with E-state index in [-0.39, 0.29) is 16.7 Å². The fourth-order valence-electron chi connectivity index (χ4n) is 4.32. The molecule has 0 unspecified atom stereocenters. The molecule has 3 fully saturated rings. The second-order valence-electron chi connectivity index (χ2n) is 7.83. The Morgan fingerprint density at radius 2 is 2.03 bits per heavy atom. The molecule has 29 heavy (non-hydrogen) atoms. The number of aromatic nitrogens is 1. The molecule has 0 radical (unpaired) electrons. The Bertz CT molecular complexity index is 804. The zero-order valence-corrected chi connectivity index (χ0v) is 16.9. The first-order valence-corrected chi connectivity index (χ1v) is 10.7. The highest BCUT2D eigenvalue weighted by atomic mass is 32.2. The molecule has 4 rings (SSSR count). The van der Waals surface area contributed by atoms with Crippen molar-refractivity contribution >= 4 is 29.4 Å². The van der Waals surface area contributed by atoms with Gasteiger partial charge in [0.25, 0.3) is 0 Å². The topological polar surface area (TPSA) is 56.8 Å². The standard InChI is InChI=1S/C19H23F3N4O2S/c1-18-6-5-16(27)26(18)14(12-29-18)17(28)25-8-2-7-24(9-10-25)15-4-3-13(11-23-15)19(20,21)22/h3-4,11,14H,2,5-10,12H2,1H3/t14-,18-/m0/s1. The number of rotatable bonds is 2. The molecule has 4 heterocycles. The number of amides is 2. The summed E-state index contributed by atoms with van der Waals surface area (Å²) in [6.07, 6.45) is -1.61. The van der Waals surface area contributed by atoms with Crippen LogP contribution in [0, 0.1) is 0 Å². The Hall–Kier alpha value is -1.97. The lowest BCUT2D eigenvalue weighted by Gasteiger charge is -2.32. The third-order valence-electron chi connectivity index (χ3n) is 5.94. The molecule has 0 N–H and O–H groups in total. The van der Waals surface area contributed by atoms with Gasteiger partial charge in [-0.15, -0.1) is 11.8 Å². The largest absolute Gasteiger partial charge is 0.417 e. The number of pyridine rings is 1. The van der Waals surface area contributed by atoms with E-state index in [0.717, 1.165) is 18.7 Å². The van der Waals surface area contributed by atoms with Crippen molar-refractivity contribution in [3.8, 4) is 0 Å².